The van der Waals surface area contributed by atoms with Gasteiger partial charge in [-0.3, -0.25) is 55.2 Å². The van der Waals surface area contributed by atoms with Crippen LogP contribution in [0.3, 0.4) is 0 Å². The van der Waals surface area contributed by atoms with E-state index in [0.29, 0.717) is 76.2 Å². The van der Waals surface area contributed by atoms with Crippen LogP contribution in [0.15, 0.2) is 85.2 Å². The number of H-pyrrole nitrogens is 2. The molecule has 3 saturated heterocycles. The molecule has 9 aromatic rings. The lowest BCUT2D eigenvalue weighted by Gasteiger charge is -2.45. The Labute approximate surface area is 621 Å². The Bertz CT molecular complexity index is 4750. The summed E-state index contributed by atoms with van der Waals surface area (Å²) in [6, 6.07) is 16.0. The Morgan fingerprint density at radius 2 is 0.954 bits per heavy atom. The summed E-state index contributed by atoms with van der Waals surface area (Å²) in [6.45, 7) is 13.4. The number of aromatic amines is 2. The maximum Gasteiger partial charge on any atom is 0.408 e. The van der Waals surface area contributed by atoms with Gasteiger partial charge in [-0.05, 0) is 157 Å². The summed E-state index contributed by atoms with van der Waals surface area (Å²) in [4.78, 5) is 121. The fourth-order valence-corrected chi connectivity index (χ4v) is 15.1. The minimum Gasteiger partial charge on any atom is -0.366 e. The fourth-order valence-electron chi connectivity index (χ4n) is 14.3. The lowest BCUT2D eigenvalue weighted by molar-refractivity contribution is -0.174. The molecule has 0 aliphatic carbocycles. The molecule has 6 N–H and O–H groups in total. The van der Waals surface area contributed by atoms with Crippen LogP contribution < -0.4 is 50.7 Å². The van der Waals surface area contributed by atoms with Crippen LogP contribution in [-0.4, -0.2) is 173 Å². The van der Waals surface area contributed by atoms with Gasteiger partial charge in [0.05, 0.1) is 67.7 Å². The highest BCUT2D eigenvalue weighted by Crippen LogP contribution is 2.44. The first-order valence-corrected chi connectivity index (χ1v) is 36.4. The Morgan fingerprint density at radius 3 is 1.36 bits per heavy atom. The molecule has 0 radical (unpaired) electrons. The topological polar surface area (TPSA) is 318 Å². The summed E-state index contributed by atoms with van der Waals surface area (Å²) in [5.74, 6) is -4.13. The Hall–Kier alpha value is -11.1. The molecule has 3 fully saturated rings. The summed E-state index contributed by atoms with van der Waals surface area (Å²) in [7, 11) is 0. The Kier molecular flexibility index (Phi) is 21.5. The number of carbonyl (C=O) groups is 6. The van der Waals surface area contributed by atoms with Crippen molar-refractivity contribution in [3.05, 3.63) is 119 Å². The van der Waals surface area contributed by atoms with Gasteiger partial charge in [0, 0.05) is 75.9 Å². The number of nitrogens with one attached hydrogen (secondary N) is 6. The van der Waals surface area contributed by atoms with Crippen molar-refractivity contribution in [3.8, 4) is 10.4 Å². The maximum atomic E-state index is 13.5. The number of hydrogen-bond donors (Lipinski definition) is 6. The summed E-state index contributed by atoms with van der Waals surface area (Å²) >= 11 is 1.52. The minimum absolute atomic E-state index is 0.0830. The van der Waals surface area contributed by atoms with E-state index < -0.39 is 84.8 Å². The molecule has 15 heterocycles. The van der Waals surface area contributed by atoms with E-state index in [4.69, 9.17) is 0 Å². The molecule has 6 aliphatic rings. The number of alkyl halides is 9. The number of pyridine rings is 6. The predicted molar refractivity (Wildman–Crippen MR) is 391 cm³/mol. The van der Waals surface area contributed by atoms with Gasteiger partial charge in [-0.15, -0.1) is 11.3 Å². The molecule has 7 amide bonds. The van der Waals surface area contributed by atoms with E-state index >= 15 is 0 Å². The van der Waals surface area contributed by atoms with Crippen molar-refractivity contribution in [1.82, 2.24) is 60.6 Å². The molecule has 27 nitrogen and oxygen atoms in total. The number of aryl methyl sites for hydroxylation is 3. The van der Waals surface area contributed by atoms with Crippen LogP contribution in [0.1, 0.15) is 133 Å². The van der Waals surface area contributed by atoms with E-state index in [0.717, 1.165) is 91.9 Å². The van der Waals surface area contributed by atoms with Gasteiger partial charge < -0.3 is 20.0 Å². The van der Waals surface area contributed by atoms with Gasteiger partial charge in [0.2, 0.25) is 0 Å². The second-order valence-electron chi connectivity index (χ2n) is 27.5. The van der Waals surface area contributed by atoms with Crippen molar-refractivity contribution in [2.24, 2.45) is 11.8 Å². The van der Waals surface area contributed by atoms with Crippen molar-refractivity contribution in [1.29, 1.82) is 0 Å². The lowest BCUT2D eigenvalue weighted by Crippen LogP contribution is -2.56. The number of urea groups is 3. The summed E-state index contributed by atoms with van der Waals surface area (Å²) in [5.41, 5.74) is 5.15. The lowest BCUT2D eigenvalue weighted by atomic mass is 9.96. The Balaban J connectivity index is 0.000000144. The standard InChI is InChI=1S/C24H24F3N7O2S.2C24H26F3N7O2/c1-13(24(25,26)27)30-22(35)17-5-6-18-21(31-17)34(16-4-3-9-33(18)12-16)23(36)32-20-10-15(7-8-28-20)19-11-29-14(2)37-19;2*1-3-14(24(25,26)27)11-19(35)17-8-9-18-22(29-17)34(15-5-4-10-33(18)12-15)23(36)30-21-16-7-6-13(2)28-20(16)31-32-21/h5-8,10-11,13,16H,3-4,9,12H2,1-2H3,(H,30,35)(H,28,32,36);2*6-9,14-15H,3-5,10-12H2,1-2H3,(H2,28,30,31,32,36)/t13-,16+;2*14-,15+/m111/s1. The smallest absolute Gasteiger partial charge is 0.366 e. The zero-order valence-corrected chi connectivity index (χ0v) is 60.6. The number of amides is 7. The number of halogens is 9. The number of Topliss-reactive ketones (excluding diaryl/α,β-unsaturated/α-hetero) is 2. The zero-order chi connectivity index (χ0) is 77.5. The number of nitrogens with zero attached hydrogens (tertiary/aromatic N) is 15. The highest BCUT2D eigenvalue weighted by molar-refractivity contribution is 7.15. The van der Waals surface area contributed by atoms with Crippen molar-refractivity contribution in [3.63, 3.8) is 0 Å². The first-order chi connectivity index (χ1) is 51.9. The summed E-state index contributed by atoms with van der Waals surface area (Å²) < 4.78 is 118. The van der Waals surface area contributed by atoms with Crippen LogP contribution in [0.2, 0.25) is 0 Å². The second kappa shape index (κ2) is 30.8. The third-order valence-electron chi connectivity index (χ3n) is 20.1. The van der Waals surface area contributed by atoms with E-state index in [9.17, 15) is 68.3 Å². The fraction of sp³-hybridized carbons (Fsp3) is 0.431. The van der Waals surface area contributed by atoms with Gasteiger partial charge in [0.1, 0.15) is 28.9 Å². The summed E-state index contributed by atoms with van der Waals surface area (Å²) in [6.07, 6.45) is -7.14. The SMILES string of the molecule is CC[C@H](CC(=O)c1ccc2c(n1)N(C(=O)Nc1n[nH]c3nc(C)ccc13)[C@H]1CCCN2C1)C(F)(F)F.CC[C@H](CC(=O)c1ccc2c(n1)N(C(=O)Nc1n[nH]c3nc(C)ccc13)[C@H]1CCCN2C1)C(F)(F)F.Cc1ncc(-c2ccnc(NC(=O)N3c4nc(C(=O)N[C@H](C)C(F)(F)F)ccc4N4CCC[C@H]3C4)c2)s1. The van der Waals surface area contributed by atoms with E-state index in [2.05, 4.69) is 85.9 Å². The highest BCUT2D eigenvalue weighted by atomic mass is 32.1. The zero-order valence-electron chi connectivity index (χ0n) is 59.8. The van der Waals surface area contributed by atoms with Crippen molar-refractivity contribution >= 4 is 121 Å². The van der Waals surface area contributed by atoms with Gasteiger partial charge in [-0.1, -0.05) is 13.8 Å². The number of aromatic nitrogens is 11. The highest BCUT2D eigenvalue weighted by Gasteiger charge is 2.46. The van der Waals surface area contributed by atoms with Crippen LogP contribution in [0.25, 0.3) is 32.5 Å². The molecule has 574 valence electrons. The predicted octanol–water partition coefficient (Wildman–Crippen LogP) is 14.3. The van der Waals surface area contributed by atoms with Crippen LogP contribution in [0.5, 0.6) is 0 Å². The molecule has 9 aromatic heterocycles. The van der Waals surface area contributed by atoms with Crippen molar-refractivity contribution in [2.75, 3.05) is 84.6 Å². The van der Waals surface area contributed by atoms with E-state index in [-0.39, 0.29) is 65.5 Å². The number of ketones is 2. The van der Waals surface area contributed by atoms with E-state index in [1.165, 1.54) is 58.1 Å². The Morgan fingerprint density at radius 1 is 0.532 bits per heavy atom. The molecular weight excluding hydrogens is 1460 g/mol. The van der Waals surface area contributed by atoms with Gasteiger partial charge in [-0.2, -0.15) is 49.7 Å². The summed E-state index contributed by atoms with van der Waals surface area (Å²) in [5, 5.41) is 26.6. The van der Waals surface area contributed by atoms with E-state index in [1.807, 2.05) is 56.4 Å². The number of thiazole rings is 1. The molecule has 6 atom stereocenters. The minimum atomic E-state index is -4.59. The van der Waals surface area contributed by atoms with Gasteiger partial charge in [0.25, 0.3) is 5.91 Å². The first kappa shape index (κ1) is 76.1. The molecule has 6 aliphatic heterocycles. The molecule has 0 saturated carbocycles. The average molecular weight is 1530 g/mol. The molecule has 0 aromatic carbocycles. The number of carbonyl (C=O) groups excluding carboxylic acids is 6. The number of hydrogen-bond acceptors (Lipinski definition) is 19. The van der Waals surface area contributed by atoms with Crippen LogP contribution in [0, 0.1) is 32.6 Å². The van der Waals surface area contributed by atoms with E-state index in [1.54, 1.807) is 36.7 Å². The number of fused-ring (bicyclic) bond motifs is 14. The van der Waals surface area contributed by atoms with Gasteiger partial charge >= 0.3 is 36.6 Å². The van der Waals surface area contributed by atoms with Crippen LogP contribution >= 0.6 is 11.3 Å². The second-order valence-corrected chi connectivity index (χ2v) is 28.8. The van der Waals surface area contributed by atoms with Gasteiger partial charge in [-0.25, -0.2) is 49.3 Å². The quantitative estimate of drug-likeness (QED) is 0.0435. The molecule has 109 heavy (non-hydrogen) atoms. The molecule has 0 spiro atoms. The molecule has 37 heteroatoms. The van der Waals surface area contributed by atoms with Crippen LogP contribution in [0.4, 0.5) is 106 Å². The number of rotatable bonds is 14. The average Bonchev–Trinajstić information content (AvgIpc) is 1.54. The largest absolute Gasteiger partial charge is 0.408 e. The maximum absolute atomic E-state index is 13.5. The van der Waals surface area contributed by atoms with Gasteiger partial charge in [0.15, 0.2) is 52.0 Å². The molecule has 15 rings (SSSR count). The molecule has 0 unspecified atom stereocenters. The normalized spacial score (nSPS) is 18.0. The third kappa shape index (κ3) is 16.4. The molecule has 6 bridgehead atoms. The number of piperidine rings is 3. The first-order valence-electron chi connectivity index (χ1n) is 35.6. The van der Waals surface area contributed by atoms with Crippen LogP contribution in [-0.2, 0) is 0 Å². The van der Waals surface area contributed by atoms with Crippen molar-refractivity contribution in [2.45, 2.75) is 148 Å². The monoisotopic (exact) mass is 1530 g/mol. The number of anilines is 9. The third-order valence-corrected chi connectivity index (χ3v) is 21.1. The van der Waals surface area contributed by atoms with Crippen molar-refractivity contribution < 1.29 is 68.3 Å². The molecular formula is C72H76F9N21O6S.